The Bertz CT molecular complexity index is 725. The number of rotatable bonds is 0. The molecule has 7 nitrogen and oxygen atoms in total. The fourth-order valence-electron chi connectivity index (χ4n) is 3.07. The Morgan fingerprint density at radius 2 is 1.68 bits per heavy atom. The van der Waals surface area contributed by atoms with Gasteiger partial charge in [0.25, 0.3) is 0 Å². The lowest BCUT2D eigenvalue weighted by Crippen LogP contribution is -2.56. The van der Waals surface area contributed by atoms with Gasteiger partial charge in [0.05, 0.1) is 37.4 Å². The van der Waals surface area contributed by atoms with Gasteiger partial charge in [0.2, 0.25) is 0 Å². The van der Waals surface area contributed by atoms with Crippen molar-refractivity contribution in [2.75, 3.05) is 7.11 Å². The van der Waals surface area contributed by atoms with Crippen LogP contribution in [0.4, 0.5) is 4.79 Å². The SMILES string of the molecule is COC(=O)N1C(C)=C[C@@H]2C=C[C@@H]1C(C#N)(C#N)C2(C#N)C#N. The summed E-state index contributed by atoms with van der Waals surface area (Å²) in [6, 6.07) is 6.26. The van der Waals surface area contributed by atoms with E-state index in [2.05, 4.69) is 0 Å². The second kappa shape index (κ2) is 4.92. The first-order valence-electron chi connectivity index (χ1n) is 6.37. The first kappa shape index (κ1) is 15.1. The lowest BCUT2D eigenvalue weighted by Gasteiger charge is -2.42. The number of amides is 1. The van der Waals surface area contributed by atoms with Gasteiger partial charge < -0.3 is 4.74 Å². The Balaban J connectivity index is 2.86. The number of hydrogen-bond acceptors (Lipinski definition) is 6. The summed E-state index contributed by atoms with van der Waals surface area (Å²) in [7, 11) is 1.18. The van der Waals surface area contributed by atoms with E-state index in [0.717, 1.165) is 4.90 Å². The van der Waals surface area contributed by atoms with Crippen LogP contribution in [0.1, 0.15) is 6.92 Å². The number of carbonyl (C=O) groups excluding carboxylic acids is 1. The van der Waals surface area contributed by atoms with Gasteiger partial charge in [-0.3, -0.25) is 4.90 Å². The zero-order valence-electron chi connectivity index (χ0n) is 11.9. The van der Waals surface area contributed by atoms with E-state index in [-0.39, 0.29) is 0 Å². The molecule has 1 amide bonds. The van der Waals surface area contributed by atoms with E-state index in [1.165, 1.54) is 19.3 Å². The Hall–Kier alpha value is -3.29. The normalized spacial score (nSPS) is 26.5. The third-order valence-corrected chi connectivity index (χ3v) is 4.22. The van der Waals surface area contributed by atoms with E-state index in [4.69, 9.17) is 4.74 Å². The van der Waals surface area contributed by atoms with Gasteiger partial charge in [-0.2, -0.15) is 21.0 Å². The van der Waals surface area contributed by atoms with E-state index in [1.807, 2.05) is 24.3 Å². The molecule has 0 aromatic heterocycles. The highest BCUT2D eigenvalue weighted by Gasteiger charge is 2.67. The first-order valence-corrected chi connectivity index (χ1v) is 6.37. The molecule has 22 heavy (non-hydrogen) atoms. The van der Waals surface area contributed by atoms with Crippen molar-refractivity contribution < 1.29 is 9.53 Å². The second-order valence-electron chi connectivity index (χ2n) is 5.07. The maximum Gasteiger partial charge on any atom is 0.414 e. The van der Waals surface area contributed by atoms with Crippen LogP contribution >= 0.6 is 0 Å². The highest BCUT2D eigenvalue weighted by molar-refractivity contribution is 5.72. The van der Waals surface area contributed by atoms with Crippen LogP contribution in [0.25, 0.3) is 0 Å². The molecule has 0 spiro atoms. The molecule has 0 N–H and O–H groups in total. The summed E-state index contributed by atoms with van der Waals surface area (Å²) in [5, 5.41) is 38.4. The van der Waals surface area contributed by atoms with Crippen molar-refractivity contribution in [1.82, 2.24) is 4.90 Å². The van der Waals surface area contributed by atoms with Crippen LogP contribution in [0.5, 0.6) is 0 Å². The third-order valence-electron chi connectivity index (χ3n) is 4.22. The van der Waals surface area contributed by atoms with Gasteiger partial charge >= 0.3 is 6.09 Å². The maximum atomic E-state index is 12.1. The standard InChI is InChI=1S/C15H11N5O2/c1-10-5-11-3-4-12(20(10)13(21)22-2)15(8-18,9-19)14(11,6-16)7-17/h3-5,11-12H,1-2H3/t11-,12+/m0/s1. The molecule has 3 rings (SSSR count). The van der Waals surface area contributed by atoms with Gasteiger partial charge in [0.15, 0.2) is 10.8 Å². The van der Waals surface area contributed by atoms with Crippen LogP contribution in [-0.4, -0.2) is 24.1 Å². The summed E-state index contributed by atoms with van der Waals surface area (Å²) in [4.78, 5) is 13.2. The number of carbonyl (C=O) groups is 1. The van der Waals surface area contributed by atoms with Crippen molar-refractivity contribution in [3.63, 3.8) is 0 Å². The largest absolute Gasteiger partial charge is 0.452 e. The number of hydrogen-bond donors (Lipinski definition) is 0. The molecule has 0 aromatic carbocycles. The van der Waals surface area contributed by atoms with Crippen LogP contribution < -0.4 is 0 Å². The predicted molar refractivity (Wildman–Crippen MR) is 71.7 cm³/mol. The summed E-state index contributed by atoms with van der Waals surface area (Å²) in [5.41, 5.74) is -3.49. The number of ether oxygens (including phenoxy) is 1. The van der Waals surface area contributed by atoms with Crippen LogP contribution in [0.15, 0.2) is 23.9 Å². The summed E-state index contributed by atoms with van der Waals surface area (Å²) in [6.45, 7) is 1.61. The molecule has 108 valence electrons. The molecule has 1 aliphatic carbocycles. The van der Waals surface area contributed by atoms with Crippen molar-refractivity contribution in [1.29, 1.82) is 21.0 Å². The van der Waals surface area contributed by atoms with Gasteiger partial charge in [-0.15, -0.1) is 0 Å². The molecule has 3 aliphatic rings. The molecule has 2 atom stereocenters. The average Bonchev–Trinajstić information content (AvgIpc) is 2.76. The summed E-state index contributed by atoms with van der Waals surface area (Å²) in [5.74, 6) is -0.771. The zero-order valence-corrected chi connectivity index (χ0v) is 11.9. The number of allylic oxidation sites excluding steroid dienone is 3. The minimum Gasteiger partial charge on any atom is -0.452 e. The monoisotopic (exact) mass is 293 g/mol. The van der Waals surface area contributed by atoms with E-state index in [9.17, 15) is 25.8 Å². The van der Waals surface area contributed by atoms with Crippen molar-refractivity contribution in [2.24, 2.45) is 16.7 Å². The molecular formula is C15H11N5O2. The van der Waals surface area contributed by atoms with E-state index in [0.29, 0.717) is 5.70 Å². The minimum atomic E-state index is -2.02. The third kappa shape index (κ3) is 1.48. The summed E-state index contributed by atoms with van der Waals surface area (Å²) < 4.78 is 4.71. The summed E-state index contributed by atoms with van der Waals surface area (Å²) in [6.07, 6.45) is 3.87. The summed E-state index contributed by atoms with van der Waals surface area (Å²) >= 11 is 0. The Labute approximate surface area is 127 Å². The van der Waals surface area contributed by atoms with Gasteiger partial charge in [-0.05, 0) is 6.92 Å². The lowest BCUT2D eigenvalue weighted by atomic mass is 9.54. The number of nitrogens with zero attached hydrogens (tertiary/aromatic N) is 5. The van der Waals surface area contributed by atoms with Crippen LogP contribution in [0.2, 0.25) is 0 Å². The molecule has 2 aliphatic heterocycles. The smallest absolute Gasteiger partial charge is 0.414 e. The molecule has 0 radical (unpaired) electrons. The topological polar surface area (TPSA) is 125 Å². The van der Waals surface area contributed by atoms with E-state index in [1.54, 1.807) is 13.0 Å². The zero-order chi connectivity index (χ0) is 16.5. The van der Waals surface area contributed by atoms with Gasteiger partial charge in [-0.1, -0.05) is 18.2 Å². The van der Waals surface area contributed by atoms with Crippen LogP contribution in [0, 0.1) is 62.1 Å². The number of methoxy groups -OCH3 is 1. The average molecular weight is 293 g/mol. The molecule has 0 saturated heterocycles. The van der Waals surface area contributed by atoms with Crippen molar-refractivity contribution in [2.45, 2.75) is 13.0 Å². The number of nitriles is 4. The predicted octanol–water partition coefficient (Wildman–Crippen LogP) is 1.59. The molecule has 2 heterocycles. The first-order chi connectivity index (χ1) is 10.5. The second-order valence-corrected chi connectivity index (χ2v) is 5.07. The highest BCUT2D eigenvalue weighted by Crippen LogP contribution is 2.55. The van der Waals surface area contributed by atoms with E-state index >= 15 is 0 Å². The molecule has 0 saturated carbocycles. The van der Waals surface area contributed by atoms with Gasteiger partial charge in [0.1, 0.15) is 0 Å². The fraction of sp³-hybridized carbons (Fsp3) is 0.400. The van der Waals surface area contributed by atoms with Gasteiger partial charge in [-0.25, -0.2) is 4.79 Å². The quantitative estimate of drug-likeness (QED) is 0.624. The number of fused-ring (bicyclic) bond motifs is 2. The van der Waals surface area contributed by atoms with Crippen molar-refractivity contribution >= 4 is 6.09 Å². The Morgan fingerprint density at radius 3 is 2.14 bits per heavy atom. The molecule has 0 unspecified atom stereocenters. The van der Waals surface area contributed by atoms with Crippen molar-refractivity contribution in [3.8, 4) is 24.3 Å². The lowest BCUT2D eigenvalue weighted by molar-refractivity contribution is 0.0957. The van der Waals surface area contributed by atoms with Gasteiger partial charge in [0, 0.05) is 11.6 Å². The van der Waals surface area contributed by atoms with E-state index < -0.39 is 28.9 Å². The van der Waals surface area contributed by atoms with Crippen LogP contribution in [0.3, 0.4) is 0 Å². The molecular weight excluding hydrogens is 282 g/mol. The highest BCUT2D eigenvalue weighted by atomic mass is 16.5. The van der Waals surface area contributed by atoms with Crippen molar-refractivity contribution in [3.05, 3.63) is 23.9 Å². The molecule has 2 bridgehead atoms. The van der Waals surface area contributed by atoms with Crippen LogP contribution in [-0.2, 0) is 4.74 Å². The molecule has 0 aromatic rings. The Kier molecular flexibility index (Phi) is 3.38. The minimum absolute atomic E-state index is 0.425. The fourth-order valence-corrected chi connectivity index (χ4v) is 3.07. The molecule has 7 heteroatoms. The Morgan fingerprint density at radius 1 is 1.14 bits per heavy atom. The maximum absolute atomic E-state index is 12.1. The molecule has 0 fully saturated rings.